The van der Waals surface area contributed by atoms with Crippen molar-refractivity contribution in [1.82, 2.24) is 24.9 Å². The van der Waals surface area contributed by atoms with Crippen LogP contribution in [0.3, 0.4) is 0 Å². The molecule has 6 nitrogen and oxygen atoms in total. The molecule has 20 heavy (non-hydrogen) atoms. The van der Waals surface area contributed by atoms with Gasteiger partial charge in [0.1, 0.15) is 5.69 Å². The first-order chi connectivity index (χ1) is 9.60. The van der Waals surface area contributed by atoms with E-state index in [2.05, 4.69) is 22.2 Å². The lowest BCUT2D eigenvalue weighted by atomic mass is 9.79. The number of hydrogen-bond acceptors (Lipinski definition) is 3. The third kappa shape index (κ3) is 2.11. The van der Waals surface area contributed by atoms with E-state index in [1.54, 1.807) is 30.2 Å². The van der Waals surface area contributed by atoms with Crippen LogP contribution in [-0.2, 0) is 12.5 Å². The first kappa shape index (κ1) is 12.9. The predicted octanol–water partition coefficient (Wildman–Crippen LogP) is 1.34. The standard InChI is InChI=1S/C14H19N5O/c1-14(12-5-7-15-17-12)6-3-9-19(10-14)13(20)11-4-8-16-18(11)2/h4-5,7-8H,3,6,9-10H2,1-2H3,(H,15,17)/t14-/m0/s1. The quantitative estimate of drug-likeness (QED) is 0.897. The summed E-state index contributed by atoms with van der Waals surface area (Å²) in [5, 5.41) is 11.2. The van der Waals surface area contributed by atoms with Gasteiger partial charge in [0.15, 0.2) is 0 Å². The van der Waals surface area contributed by atoms with Crippen LogP contribution < -0.4 is 0 Å². The van der Waals surface area contributed by atoms with Gasteiger partial charge in [-0.15, -0.1) is 0 Å². The zero-order chi connectivity index (χ0) is 14.2. The highest BCUT2D eigenvalue weighted by Crippen LogP contribution is 2.32. The van der Waals surface area contributed by atoms with Crippen LogP contribution in [0.2, 0.25) is 0 Å². The molecule has 3 heterocycles. The number of carbonyl (C=O) groups excluding carboxylic acids is 1. The minimum absolute atomic E-state index is 0.0513. The Bertz CT molecular complexity index is 603. The molecule has 3 rings (SSSR count). The van der Waals surface area contributed by atoms with Crippen molar-refractivity contribution < 1.29 is 4.79 Å². The second kappa shape index (κ2) is 4.77. The van der Waals surface area contributed by atoms with Crippen molar-refractivity contribution >= 4 is 5.91 Å². The molecular formula is C14H19N5O. The first-order valence-corrected chi connectivity index (χ1v) is 6.87. The largest absolute Gasteiger partial charge is 0.336 e. The Hall–Kier alpha value is -2.11. The van der Waals surface area contributed by atoms with Gasteiger partial charge in [-0.05, 0) is 25.0 Å². The van der Waals surface area contributed by atoms with E-state index in [9.17, 15) is 4.79 Å². The van der Waals surface area contributed by atoms with Crippen LogP contribution >= 0.6 is 0 Å². The lowest BCUT2D eigenvalue weighted by Gasteiger charge is -2.39. The van der Waals surface area contributed by atoms with E-state index < -0.39 is 0 Å². The summed E-state index contributed by atoms with van der Waals surface area (Å²) >= 11 is 0. The maximum Gasteiger partial charge on any atom is 0.272 e. The van der Waals surface area contributed by atoms with Gasteiger partial charge in [-0.1, -0.05) is 6.92 Å². The minimum Gasteiger partial charge on any atom is -0.336 e. The number of amides is 1. The molecule has 0 bridgehead atoms. The van der Waals surface area contributed by atoms with Gasteiger partial charge in [0.05, 0.1) is 0 Å². The van der Waals surface area contributed by atoms with E-state index in [1.807, 2.05) is 11.0 Å². The van der Waals surface area contributed by atoms with E-state index >= 15 is 0 Å². The summed E-state index contributed by atoms with van der Waals surface area (Å²) in [6.07, 6.45) is 5.48. The van der Waals surface area contributed by atoms with Crippen LogP contribution in [-0.4, -0.2) is 43.9 Å². The molecular weight excluding hydrogens is 254 g/mol. The average molecular weight is 273 g/mol. The van der Waals surface area contributed by atoms with E-state index in [1.165, 1.54) is 0 Å². The summed E-state index contributed by atoms with van der Waals surface area (Å²) in [5.41, 5.74) is 1.68. The minimum atomic E-state index is -0.0526. The number of rotatable bonds is 2. The molecule has 0 spiro atoms. The second-order valence-corrected chi connectivity index (χ2v) is 5.70. The third-order valence-corrected chi connectivity index (χ3v) is 4.17. The fourth-order valence-corrected chi connectivity index (χ4v) is 2.97. The number of aryl methyl sites for hydroxylation is 1. The van der Waals surface area contributed by atoms with Crippen LogP contribution in [0.4, 0.5) is 0 Å². The molecule has 1 atom stereocenters. The van der Waals surface area contributed by atoms with Crippen molar-refractivity contribution in [2.45, 2.75) is 25.2 Å². The Labute approximate surface area is 117 Å². The number of hydrogen-bond donors (Lipinski definition) is 1. The van der Waals surface area contributed by atoms with Crippen LogP contribution in [0, 0.1) is 0 Å². The first-order valence-electron chi connectivity index (χ1n) is 6.87. The highest BCUT2D eigenvalue weighted by Gasteiger charge is 2.36. The molecule has 1 N–H and O–H groups in total. The normalized spacial score (nSPS) is 23.0. The lowest BCUT2D eigenvalue weighted by Crippen LogP contribution is -2.47. The monoisotopic (exact) mass is 273 g/mol. The number of carbonyl (C=O) groups is 1. The Kier molecular flexibility index (Phi) is 3.08. The fourth-order valence-electron chi connectivity index (χ4n) is 2.97. The van der Waals surface area contributed by atoms with Gasteiger partial charge in [-0.3, -0.25) is 14.6 Å². The van der Waals surface area contributed by atoms with Gasteiger partial charge in [-0.2, -0.15) is 10.2 Å². The van der Waals surface area contributed by atoms with Crippen LogP contribution in [0.1, 0.15) is 35.9 Å². The van der Waals surface area contributed by atoms with Gasteiger partial charge >= 0.3 is 0 Å². The molecule has 106 valence electrons. The number of aromatic amines is 1. The molecule has 0 aromatic carbocycles. The second-order valence-electron chi connectivity index (χ2n) is 5.70. The summed E-state index contributed by atoms with van der Waals surface area (Å²) in [5.74, 6) is 0.0513. The lowest BCUT2D eigenvalue weighted by molar-refractivity contribution is 0.0636. The molecule has 1 aliphatic rings. The van der Waals surface area contributed by atoms with Crippen LogP contribution in [0.15, 0.2) is 24.5 Å². The summed E-state index contributed by atoms with van der Waals surface area (Å²) in [6.45, 7) is 3.69. The van der Waals surface area contributed by atoms with Gasteiger partial charge in [0, 0.05) is 43.6 Å². The number of nitrogens with one attached hydrogen (secondary N) is 1. The number of H-pyrrole nitrogens is 1. The maximum atomic E-state index is 12.6. The number of likely N-dealkylation sites (tertiary alicyclic amines) is 1. The Morgan fingerprint density at radius 2 is 2.25 bits per heavy atom. The highest BCUT2D eigenvalue weighted by molar-refractivity contribution is 5.92. The molecule has 0 radical (unpaired) electrons. The van der Waals surface area contributed by atoms with Crippen LogP contribution in [0.25, 0.3) is 0 Å². The fraction of sp³-hybridized carbons (Fsp3) is 0.500. The predicted molar refractivity (Wildman–Crippen MR) is 74.3 cm³/mol. The van der Waals surface area contributed by atoms with Crippen molar-refractivity contribution in [2.75, 3.05) is 13.1 Å². The summed E-state index contributed by atoms with van der Waals surface area (Å²) in [7, 11) is 1.80. The van der Waals surface area contributed by atoms with Gasteiger partial charge in [0.25, 0.3) is 5.91 Å². The number of aromatic nitrogens is 4. The molecule has 2 aromatic rings. The Balaban J connectivity index is 1.82. The highest BCUT2D eigenvalue weighted by atomic mass is 16.2. The Morgan fingerprint density at radius 1 is 1.40 bits per heavy atom. The molecule has 1 aliphatic heterocycles. The van der Waals surface area contributed by atoms with Gasteiger partial charge in [0.2, 0.25) is 0 Å². The van der Waals surface area contributed by atoms with Crippen molar-refractivity contribution in [1.29, 1.82) is 0 Å². The van der Waals surface area contributed by atoms with E-state index in [0.29, 0.717) is 12.2 Å². The van der Waals surface area contributed by atoms with Crippen molar-refractivity contribution in [2.24, 2.45) is 7.05 Å². The molecule has 0 aliphatic carbocycles. The maximum absolute atomic E-state index is 12.6. The molecule has 0 saturated carbocycles. The molecule has 0 unspecified atom stereocenters. The SMILES string of the molecule is Cn1nccc1C(=O)N1CCC[C@](C)(c2ccn[nH]2)C1. The summed E-state index contributed by atoms with van der Waals surface area (Å²) in [6, 6.07) is 3.77. The average Bonchev–Trinajstić information content (AvgIpc) is 3.09. The van der Waals surface area contributed by atoms with Gasteiger partial charge in [-0.25, -0.2) is 0 Å². The van der Waals surface area contributed by atoms with Crippen LogP contribution in [0.5, 0.6) is 0 Å². The van der Waals surface area contributed by atoms with E-state index in [0.717, 1.165) is 25.1 Å². The molecule has 6 heteroatoms. The molecule has 1 fully saturated rings. The zero-order valence-electron chi connectivity index (χ0n) is 11.8. The van der Waals surface area contributed by atoms with Crippen molar-refractivity contribution in [3.05, 3.63) is 35.9 Å². The number of nitrogens with zero attached hydrogens (tertiary/aromatic N) is 4. The number of piperidine rings is 1. The summed E-state index contributed by atoms with van der Waals surface area (Å²) < 4.78 is 1.63. The smallest absolute Gasteiger partial charge is 0.272 e. The Morgan fingerprint density at radius 3 is 2.90 bits per heavy atom. The van der Waals surface area contributed by atoms with Gasteiger partial charge < -0.3 is 4.90 Å². The van der Waals surface area contributed by atoms with E-state index in [-0.39, 0.29) is 11.3 Å². The van der Waals surface area contributed by atoms with Crippen molar-refractivity contribution in [3.8, 4) is 0 Å². The topological polar surface area (TPSA) is 66.8 Å². The zero-order valence-corrected chi connectivity index (χ0v) is 11.8. The van der Waals surface area contributed by atoms with Crippen molar-refractivity contribution in [3.63, 3.8) is 0 Å². The molecule has 1 amide bonds. The molecule has 2 aromatic heterocycles. The third-order valence-electron chi connectivity index (χ3n) is 4.17. The van der Waals surface area contributed by atoms with E-state index in [4.69, 9.17) is 0 Å². The molecule has 1 saturated heterocycles. The summed E-state index contributed by atoms with van der Waals surface area (Å²) in [4.78, 5) is 14.5.